The van der Waals surface area contributed by atoms with Crippen LogP contribution >= 0.6 is 0 Å². The largest absolute Gasteiger partial charge is 0.389 e. The van der Waals surface area contributed by atoms with Crippen molar-refractivity contribution >= 4 is 5.91 Å². The normalized spacial score (nSPS) is 10.9. The average molecular weight is 171 g/mol. The molecule has 0 radical (unpaired) electrons. The van der Waals surface area contributed by atoms with E-state index in [1.54, 1.807) is 19.9 Å². The molecule has 0 aromatic rings. The summed E-state index contributed by atoms with van der Waals surface area (Å²) < 4.78 is 0. The molecule has 0 spiro atoms. The molecule has 12 heavy (non-hydrogen) atoms. The molecule has 0 fully saturated rings. The molecule has 0 aromatic heterocycles. The summed E-state index contributed by atoms with van der Waals surface area (Å²) in [7, 11) is 0. The van der Waals surface area contributed by atoms with Gasteiger partial charge in [-0.15, -0.1) is 6.58 Å². The van der Waals surface area contributed by atoms with Gasteiger partial charge in [0.15, 0.2) is 0 Å². The monoisotopic (exact) mass is 171 g/mol. The van der Waals surface area contributed by atoms with Gasteiger partial charge < -0.3 is 10.4 Å². The molecule has 0 aliphatic carbocycles. The van der Waals surface area contributed by atoms with Crippen LogP contribution in [0.25, 0.3) is 0 Å². The highest BCUT2D eigenvalue weighted by Gasteiger charge is 2.12. The van der Waals surface area contributed by atoms with Crippen molar-refractivity contribution in [2.45, 2.75) is 32.3 Å². The van der Waals surface area contributed by atoms with E-state index >= 15 is 0 Å². The molecule has 70 valence electrons. The zero-order valence-electron chi connectivity index (χ0n) is 7.76. The average Bonchev–Trinajstić information content (AvgIpc) is 1.95. The number of hydrogen-bond acceptors (Lipinski definition) is 2. The van der Waals surface area contributed by atoms with E-state index < -0.39 is 5.60 Å². The summed E-state index contributed by atoms with van der Waals surface area (Å²) in [4.78, 5) is 11.0. The predicted octanol–water partition coefficient (Wildman–Crippen LogP) is 0.840. The number of allylic oxidation sites excluding steroid dienone is 1. The topological polar surface area (TPSA) is 49.3 Å². The van der Waals surface area contributed by atoms with E-state index in [-0.39, 0.29) is 5.91 Å². The molecule has 0 aromatic carbocycles. The Kier molecular flexibility index (Phi) is 4.59. The van der Waals surface area contributed by atoms with Crippen LogP contribution in [0.15, 0.2) is 12.7 Å². The van der Waals surface area contributed by atoms with E-state index in [2.05, 4.69) is 11.9 Å². The van der Waals surface area contributed by atoms with Crippen molar-refractivity contribution < 1.29 is 9.90 Å². The van der Waals surface area contributed by atoms with Gasteiger partial charge in [-0.25, -0.2) is 0 Å². The summed E-state index contributed by atoms with van der Waals surface area (Å²) >= 11 is 0. The fourth-order valence-electron chi connectivity index (χ4n) is 0.636. The highest BCUT2D eigenvalue weighted by atomic mass is 16.3. The van der Waals surface area contributed by atoms with Gasteiger partial charge in [0, 0.05) is 13.0 Å². The van der Waals surface area contributed by atoms with Gasteiger partial charge in [0.05, 0.1) is 5.60 Å². The van der Waals surface area contributed by atoms with Crippen LogP contribution in [0, 0.1) is 0 Å². The van der Waals surface area contributed by atoms with Crippen molar-refractivity contribution in [2.75, 3.05) is 6.54 Å². The Balaban J connectivity index is 3.51. The van der Waals surface area contributed by atoms with E-state index in [0.29, 0.717) is 19.4 Å². The Bertz CT molecular complexity index is 158. The van der Waals surface area contributed by atoms with E-state index in [1.807, 2.05) is 0 Å². The third-order valence-electron chi connectivity index (χ3n) is 1.29. The first-order chi connectivity index (χ1) is 5.45. The summed E-state index contributed by atoms with van der Waals surface area (Å²) in [6.45, 7) is 7.11. The molecule has 0 atom stereocenters. The van der Waals surface area contributed by atoms with E-state index in [4.69, 9.17) is 0 Å². The molecule has 2 N–H and O–H groups in total. The zero-order chi connectivity index (χ0) is 9.61. The van der Waals surface area contributed by atoms with Crippen molar-refractivity contribution in [3.05, 3.63) is 12.7 Å². The molecule has 1 amide bonds. The van der Waals surface area contributed by atoms with Crippen molar-refractivity contribution in [1.29, 1.82) is 0 Å². The number of rotatable bonds is 5. The van der Waals surface area contributed by atoms with Crippen LogP contribution in [0.4, 0.5) is 0 Å². The van der Waals surface area contributed by atoms with E-state index in [1.165, 1.54) is 0 Å². The lowest BCUT2D eigenvalue weighted by Crippen LogP contribution is -2.38. The molecule has 0 saturated heterocycles. The van der Waals surface area contributed by atoms with Crippen LogP contribution in [-0.4, -0.2) is 23.2 Å². The Morgan fingerprint density at radius 1 is 1.67 bits per heavy atom. The Morgan fingerprint density at radius 2 is 2.25 bits per heavy atom. The molecule has 3 nitrogen and oxygen atoms in total. The van der Waals surface area contributed by atoms with E-state index in [9.17, 15) is 9.90 Å². The molecule has 0 bridgehead atoms. The first-order valence-electron chi connectivity index (χ1n) is 4.05. The molecule has 0 unspecified atom stereocenters. The summed E-state index contributed by atoms with van der Waals surface area (Å²) in [5, 5.41) is 11.9. The molecular weight excluding hydrogens is 154 g/mol. The molecule has 0 aliphatic heterocycles. The van der Waals surface area contributed by atoms with Crippen LogP contribution in [-0.2, 0) is 4.79 Å². The number of aliphatic hydroxyl groups is 1. The van der Waals surface area contributed by atoms with Crippen molar-refractivity contribution in [3.63, 3.8) is 0 Å². The summed E-state index contributed by atoms with van der Waals surface area (Å²) in [6, 6.07) is 0. The maximum atomic E-state index is 11.0. The first kappa shape index (κ1) is 11.2. The third-order valence-corrected chi connectivity index (χ3v) is 1.29. The fraction of sp³-hybridized carbons (Fsp3) is 0.667. The number of nitrogens with one attached hydrogen (secondary N) is 1. The second-order valence-corrected chi connectivity index (χ2v) is 3.42. The van der Waals surface area contributed by atoms with Gasteiger partial charge in [-0.1, -0.05) is 6.08 Å². The number of hydrogen-bond donors (Lipinski definition) is 2. The van der Waals surface area contributed by atoms with Crippen LogP contribution in [0.5, 0.6) is 0 Å². The van der Waals surface area contributed by atoms with E-state index in [0.717, 1.165) is 0 Å². The molecule has 0 rings (SSSR count). The van der Waals surface area contributed by atoms with Gasteiger partial charge in [0.1, 0.15) is 0 Å². The van der Waals surface area contributed by atoms with Gasteiger partial charge in [0.2, 0.25) is 5.91 Å². The smallest absolute Gasteiger partial charge is 0.220 e. The summed E-state index contributed by atoms with van der Waals surface area (Å²) in [5.41, 5.74) is -0.830. The summed E-state index contributed by atoms with van der Waals surface area (Å²) in [6.07, 6.45) is 2.82. The Morgan fingerprint density at radius 3 is 2.67 bits per heavy atom. The Labute approximate surface area is 73.5 Å². The van der Waals surface area contributed by atoms with Gasteiger partial charge in [-0.2, -0.15) is 0 Å². The predicted molar refractivity (Wildman–Crippen MR) is 48.7 cm³/mol. The summed E-state index contributed by atoms with van der Waals surface area (Å²) in [5.74, 6) is -0.0444. The standard InChI is InChI=1S/C9H17NO2/c1-4-5-6-8(11)10-7-9(2,3)12/h4,12H,1,5-7H2,2-3H3,(H,10,11). The number of carbonyl (C=O) groups is 1. The van der Waals surface area contributed by atoms with Gasteiger partial charge in [0.25, 0.3) is 0 Å². The minimum atomic E-state index is -0.830. The quantitative estimate of drug-likeness (QED) is 0.602. The maximum absolute atomic E-state index is 11.0. The lowest BCUT2D eigenvalue weighted by molar-refractivity contribution is -0.122. The Hall–Kier alpha value is -0.830. The van der Waals surface area contributed by atoms with Gasteiger partial charge >= 0.3 is 0 Å². The molecule has 3 heteroatoms. The number of carbonyl (C=O) groups excluding carboxylic acids is 1. The van der Waals surface area contributed by atoms with Crippen molar-refractivity contribution in [2.24, 2.45) is 0 Å². The van der Waals surface area contributed by atoms with Crippen LogP contribution in [0.2, 0.25) is 0 Å². The first-order valence-corrected chi connectivity index (χ1v) is 4.05. The molecule has 0 aliphatic rings. The number of amides is 1. The van der Waals surface area contributed by atoms with Crippen molar-refractivity contribution in [3.8, 4) is 0 Å². The highest BCUT2D eigenvalue weighted by molar-refractivity contribution is 5.76. The lowest BCUT2D eigenvalue weighted by atomic mass is 10.1. The second-order valence-electron chi connectivity index (χ2n) is 3.42. The lowest BCUT2D eigenvalue weighted by Gasteiger charge is -2.17. The molecule has 0 saturated carbocycles. The minimum absolute atomic E-state index is 0.0444. The SMILES string of the molecule is C=CCCC(=O)NCC(C)(C)O. The minimum Gasteiger partial charge on any atom is -0.389 e. The van der Waals surface area contributed by atoms with Crippen LogP contribution < -0.4 is 5.32 Å². The fourth-order valence-corrected chi connectivity index (χ4v) is 0.636. The highest BCUT2D eigenvalue weighted by Crippen LogP contribution is 1.98. The second kappa shape index (κ2) is 4.93. The maximum Gasteiger partial charge on any atom is 0.220 e. The molecule has 0 heterocycles. The van der Waals surface area contributed by atoms with Gasteiger partial charge in [-0.05, 0) is 20.3 Å². The zero-order valence-corrected chi connectivity index (χ0v) is 7.76. The van der Waals surface area contributed by atoms with Gasteiger partial charge in [-0.3, -0.25) is 4.79 Å². The van der Waals surface area contributed by atoms with Crippen molar-refractivity contribution in [1.82, 2.24) is 5.32 Å². The molecular formula is C9H17NO2. The van der Waals surface area contributed by atoms with Crippen LogP contribution in [0.3, 0.4) is 0 Å². The third kappa shape index (κ3) is 7.28. The van der Waals surface area contributed by atoms with Crippen LogP contribution in [0.1, 0.15) is 26.7 Å².